The Hall–Kier alpha value is -4.47. The largest absolute Gasteiger partial charge is 0.416 e. The van der Waals surface area contributed by atoms with Crippen LogP contribution >= 0.6 is 0 Å². The fourth-order valence-corrected chi connectivity index (χ4v) is 4.91. The standard InChI is InChI=1S/C34H33F6N5O.C2H6/c1-22-3-4-25(19-24(22)7-11-28(41)12-14-31(42)23-5-9-27(10-6-23)33(35,36)37)32(46)43-29-13-8-26(30(20-29)34(38,39)40)21-45-17-15-44(2)16-18-45;1-2/h3-6,8-9,12-14,19-20,27,41-42H,10,15-18,21H2,1-2H3,(H,43,46);1-2H3/b14-12-,41-28?,42-31?;. The molecule has 48 heavy (non-hydrogen) atoms. The van der Waals surface area contributed by atoms with Gasteiger partial charge in [0.15, 0.2) is 0 Å². The number of hydrogen-bond acceptors (Lipinski definition) is 5. The number of nitrogens with zero attached hydrogens (tertiary/aromatic N) is 2. The molecule has 2 aromatic carbocycles. The first-order chi connectivity index (χ1) is 22.6. The Kier molecular flexibility index (Phi) is 13.1. The number of halogens is 6. The van der Waals surface area contributed by atoms with Crippen LogP contribution in [0, 0.1) is 35.5 Å². The Bertz CT molecular complexity index is 1650. The van der Waals surface area contributed by atoms with Gasteiger partial charge < -0.3 is 15.6 Å². The van der Waals surface area contributed by atoms with E-state index in [4.69, 9.17) is 10.8 Å². The predicted octanol–water partition coefficient (Wildman–Crippen LogP) is 8.05. The van der Waals surface area contributed by atoms with Crippen molar-refractivity contribution in [3.05, 3.63) is 100 Å². The fourth-order valence-electron chi connectivity index (χ4n) is 4.91. The van der Waals surface area contributed by atoms with Crippen molar-refractivity contribution in [2.24, 2.45) is 5.92 Å². The summed E-state index contributed by atoms with van der Waals surface area (Å²) in [5, 5.41) is 18.7. The van der Waals surface area contributed by atoms with Crippen molar-refractivity contribution < 1.29 is 31.1 Å². The number of benzene rings is 2. The molecule has 1 atom stereocenters. The lowest BCUT2D eigenvalue weighted by Crippen LogP contribution is -2.44. The second-order valence-electron chi connectivity index (χ2n) is 11.2. The molecule has 6 nitrogen and oxygen atoms in total. The molecule has 1 amide bonds. The minimum atomic E-state index is -4.60. The van der Waals surface area contributed by atoms with Crippen LogP contribution in [-0.2, 0) is 12.7 Å². The molecule has 0 radical (unpaired) electrons. The molecule has 0 spiro atoms. The summed E-state index contributed by atoms with van der Waals surface area (Å²) < 4.78 is 80.4. The molecule has 12 heteroatoms. The van der Waals surface area contributed by atoms with Crippen molar-refractivity contribution in [2.45, 2.75) is 46.1 Å². The molecule has 0 aromatic heterocycles. The molecule has 256 valence electrons. The van der Waals surface area contributed by atoms with E-state index < -0.39 is 29.7 Å². The van der Waals surface area contributed by atoms with E-state index >= 15 is 0 Å². The van der Waals surface area contributed by atoms with Crippen molar-refractivity contribution in [2.75, 3.05) is 38.5 Å². The van der Waals surface area contributed by atoms with Crippen LogP contribution in [0.4, 0.5) is 32.0 Å². The molecule has 3 N–H and O–H groups in total. The number of allylic oxidation sites excluding steroid dienone is 6. The van der Waals surface area contributed by atoms with Crippen molar-refractivity contribution in [1.82, 2.24) is 9.80 Å². The first-order valence-electron chi connectivity index (χ1n) is 15.5. The van der Waals surface area contributed by atoms with Gasteiger partial charge in [-0.05, 0) is 79.4 Å². The number of anilines is 1. The summed E-state index contributed by atoms with van der Waals surface area (Å²) >= 11 is 0. The first kappa shape index (κ1) is 38.0. The Morgan fingerprint density at radius 2 is 1.69 bits per heavy atom. The highest BCUT2D eigenvalue weighted by molar-refractivity contribution is 6.14. The van der Waals surface area contributed by atoms with Crippen LogP contribution in [-0.4, -0.2) is 66.5 Å². The van der Waals surface area contributed by atoms with Gasteiger partial charge in [-0.25, -0.2) is 0 Å². The predicted molar refractivity (Wildman–Crippen MR) is 178 cm³/mol. The lowest BCUT2D eigenvalue weighted by atomic mass is 9.94. The molecule has 0 bridgehead atoms. The summed E-state index contributed by atoms with van der Waals surface area (Å²) in [4.78, 5) is 17.1. The molecule has 0 saturated carbocycles. The highest BCUT2D eigenvalue weighted by Gasteiger charge is 2.38. The van der Waals surface area contributed by atoms with E-state index in [1.54, 1.807) is 13.0 Å². The third kappa shape index (κ3) is 10.8. The van der Waals surface area contributed by atoms with Gasteiger partial charge in [0.1, 0.15) is 5.71 Å². The van der Waals surface area contributed by atoms with Crippen molar-refractivity contribution >= 4 is 23.0 Å². The molecule has 1 heterocycles. The summed E-state index contributed by atoms with van der Waals surface area (Å²) in [6.45, 7) is 8.76. The van der Waals surface area contributed by atoms with Gasteiger partial charge in [-0.15, -0.1) is 0 Å². The maximum Gasteiger partial charge on any atom is 0.416 e. The van der Waals surface area contributed by atoms with Gasteiger partial charge in [-0.1, -0.05) is 50.1 Å². The number of aryl methyl sites for hydroxylation is 1. The summed E-state index contributed by atoms with van der Waals surface area (Å²) in [6.07, 6.45) is -3.14. The van der Waals surface area contributed by atoms with Gasteiger partial charge >= 0.3 is 12.4 Å². The average molecular weight is 672 g/mol. The van der Waals surface area contributed by atoms with Crippen LogP contribution in [0.1, 0.15) is 52.9 Å². The zero-order valence-corrected chi connectivity index (χ0v) is 27.2. The molecule has 1 fully saturated rings. The third-order valence-electron chi connectivity index (χ3n) is 7.74. The van der Waals surface area contributed by atoms with Crippen LogP contribution in [0.15, 0.2) is 72.4 Å². The lowest BCUT2D eigenvalue weighted by Gasteiger charge is -2.33. The second-order valence-corrected chi connectivity index (χ2v) is 11.2. The lowest BCUT2D eigenvalue weighted by molar-refractivity contribution is -0.160. The van der Waals surface area contributed by atoms with Crippen LogP contribution in [0.5, 0.6) is 0 Å². The van der Waals surface area contributed by atoms with Crippen molar-refractivity contribution in [3.63, 3.8) is 0 Å². The van der Waals surface area contributed by atoms with E-state index in [9.17, 15) is 31.1 Å². The van der Waals surface area contributed by atoms with Crippen LogP contribution < -0.4 is 5.32 Å². The van der Waals surface area contributed by atoms with Crippen LogP contribution in [0.3, 0.4) is 0 Å². The monoisotopic (exact) mass is 671 g/mol. The molecule has 1 aliphatic carbocycles. The molecule has 2 aromatic rings. The molecule has 1 aliphatic heterocycles. The van der Waals surface area contributed by atoms with Gasteiger partial charge in [0.05, 0.1) is 17.2 Å². The Morgan fingerprint density at radius 3 is 2.29 bits per heavy atom. The van der Waals surface area contributed by atoms with Gasteiger partial charge in [0.25, 0.3) is 5.91 Å². The van der Waals surface area contributed by atoms with E-state index in [2.05, 4.69) is 22.1 Å². The van der Waals surface area contributed by atoms with E-state index in [-0.39, 0.29) is 41.2 Å². The number of carbonyl (C=O) groups excluding carboxylic acids is 1. The normalized spacial score (nSPS) is 17.1. The van der Waals surface area contributed by atoms with Gasteiger partial charge in [-0.2, -0.15) is 26.3 Å². The van der Waals surface area contributed by atoms with Crippen molar-refractivity contribution in [3.8, 4) is 11.8 Å². The van der Waals surface area contributed by atoms with E-state index in [0.29, 0.717) is 29.8 Å². The Balaban J connectivity index is 0.00000307. The summed E-state index contributed by atoms with van der Waals surface area (Å²) in [5.41, 5.74) is 0.647. The molecule has 1 unspecified atom stereocenters. The number of alkyl halides is 6. The second kappa shape index (κ2) is 16.6. The number of likely N-dealkylation sites (N-methyl/N-ethyl adjacent to an activating group) is 1. The Labute approximate surface area is 277 Å². The highest BCUT2D eigenvalue weighted by atomic mass is 19.4. The maximum atomic E-state index is 14.0. The van der Waals surface area contributed by atoms with Gasteiger partial charge in [-0.3, -0.25) is 15.1 Å². The quantitative estimate of drug-likeness (QED) is 0.158. The van der Waals surface area contributed by atoms with Gasteiger partial charge in [0, 0.05) is 49.5 Å². The summed E-state index contributed by atoms with van der Waals surface area (Å²) in [5.74, 6) is 3.18. The third-order valence-corrected chi connectivity index (χ3v) is 7.74. The molecule has 2 aliphatic rings. The number of hydrogen-bond donors (Lipinski definition) is 3. The van der Waals surface area contributed by atoms with E-state index in [1.165, 1.54) is 48.6 Å². The zero-order chi connectivity index (χ0) is 35.6. The summed E-state index contributed by atoms with van der Waals surface area (Å²) in [7, 11) is 1.97. The SMILES string of the molecule is CC.Cc1ccc(C(=O)Nc2ccc(CN3CCN(C)CC3)c(C(F)(F)F)c2)cc1C#CC(=N)/C=C\C(=N)C1=CCC(C(F)(F)F)C=C1. The van der Waals surface area contributed by atoms with Gasteiger partial charge in [0.2, 0.25) is 0 Å². The number of carbonyl (C=O) groups is 1. The number of rotatable bonds is 7. The maximum absolute atomic E-state index is 14.0. The van der Waals surface area contributed by atoms with Crippen LogP contribution in [0.25, 0.3) is 0 Å². The number of nitrogens with one attached hydrogen (secondary N) is 3. The Morgan fingerprint density at radius 1 is 1.00 bits per heavy atom. The number of amides is 1. The fraction of sp³-hybridized carbons (Fsp3) is 0.361. The average Bonchev–Trinajstić information content (AvgIpc) is 3.05. The molecule has 1 saturated heterocycles. The minimum Gasteiger partial charge on any atom is -0.322 e. The van der Waals surface area contributed by atoms with Crippen molar-refractivity contribution in [1.29, 1.82) is 10.8 Å². The zero-order valence-electron chi connectivity index (χ0n) is 27.2. The molecular formula is C36H39F6N5O. The van der Waals surface area contributed by atoms with E-state index in [0.717, 1.165) is 25.2 Å². The minimum absolute atomic E-state index is 0.00104. The first-order valence-corrected chi connectivity index (χ1v) is 15.5. The topological polar surface area (TPSA) is 83.3 Å². The van der Waals surface area contributed by atoms with E-state index in [1.807, 2.05) is 25.8 Å². The smallest absolute Gasteiger partial charge is 0.322 e. The summed E-state index contributed by atoms with van der Waals surface area (Å²) in [6, 6.07) is 8.40. The number of piperazine rings is 1. The highest BCUT2D eigenvalue weighted by Crippen LogP contribution is 2.35. The van der Waals surface area contributed by atoms with Crippen LogP contribution in [0.2, 0.25) is 0 Å². The molecule has 4 rings (SSSR count). The molecular weight excluding hydrogens is 632 g/mol.